The highest BCUT2D eigenvalue weighted by Crippen LogP contribution is 2.27. The maximum Gasteiger partial charge on any atom is 0.342 e. The van der Waals surface area contributed by atoms with Gasteiger partial charge in [0.1, 0.15) is 17.1 Å². The Hall–Kier alpha value is -1.75. The van der Waals surface area contributed by atoms with Crippen molar-refractivity contribution in [2.75, 3.05) is 6.61 Å². The van der Waals surface area contributed by atoms with Crippen molar-refractivity contribution in [2.24, 2.45) is 5.73 Å². The number of carbonyl (C=O) groups excluding carboxylic acids is 1. The van der Waals surface area contributed by atoms with Gasteiger partial charge in [0, 0.05) is 12.1 Å². The number of phenolic OH excluding ortho intramolecular Hbond substituents is 2. The van der Waals surface area contributed by atoms with Crippen molar-refractivity contribution in [1.29, 1.82) is 0 Å². The summed E-state index contributed by atoms with van der Waals surface area (Å²) in [5, 5.41) is 18.9. The van der Waals surface area contributed by atoms with Crippen LogP contribution in [0.25, 0.3) is 0 Å². The number of aromatic hydroxyl groups is 2. The molecule has 0 aliphatic heterocycles. The Morgan fingerprint density at radius 3 is 2.60 bits per heavy atom. The van der Waals surface area contributed by atoms with E-state index in [1.807, 2.05) is 0 Å². The van der Waals surface area contributed by atoms with E-state index in [2.05, 4.69) is 0 Å². The number of benzene rings is 1. The van der Waals surface area contributed by atoms with E-state index in [9.17, 15) is 15.0 Å². The molecule has 0 atom stereocenters. The number of rotatable bonds is 3. The summed E-state index contributed by atoms with van der Waals surface area (Å²) in [4.78, 5) is 11.3. The van der Waals surface area contributed by atoms with E-state index < -0.39 is 5.97 Å². The third-order valence-electron chi connectivity index (χ3n) is 1.91. The van der Waals surface area contributed by atoms with Gasteiger partial charge in [-0.3, -0.25) is 0 Å². The fraction of sp³-hybridized carbons (Fsp3) is 0.300. The van der Waals surface area contributed by atoms with Crippen molar-refractivity contribution >= 4 is 5.97 Å². The Morgan fingerprint density at radius 1 is 1.40 bits per heavy atom. The van der Waals surface area contributed by atoms with Crippen molar-refractivity contribution < 1.29 is 19.7 Å². The summed E-state index contributed by atoms with van der Waals surface area (Å²) in [6, 6.07) is 2.40. The highest BCUT2D eigenvalue weighted by atomic mass is 16.5. The fourth-order valence-corrected chi connectivity index (χ4v) is 1.16. The fourth-order valence-electron chi connectivity index (χ4n) is 1.16. The molecule has 5 nitrogen and oxygen atoms in total. The van der Waals surface area contributed by atoms with Crippen molar-refractivity contribution in [3.8, 4) is 11.5 Å². The van der Waals surface area contributed by atoms with E-state index in [-0.39, 0.29) is 30.2 Å². The monoisotopic (exact) mass is 211 g/mol. The normalized spacial score (nSPS) is 10.0. The zero-order valence-corrected chi connectivity index (χ0v) is 8.36. The van der Waals surface area contributed by atoms with Gasteiger partial charge in [0.2, 0.25) is 0 Å². The van der Waals surface area contributed by atoms with Crippen LogP contribution in [0.1, 0.15) is 22.8 Å². The van der Waals surface area contributed by atoms with Crippen LogP contribution < -0.4 is 5.73 Å². The Kier molecular flexibility index (Phi) is 3.51. The van der Waals surface area contributed by atoms with Crippen molar-refractivity contribution in [3.63, 3.8) is 0 Å². The minimum Gasteiger partial charge on any atom is -0.508 e. The quantitative estimate of drug-likeness (QED) is 0.506. The Morgan fingerprint density at radius 2 is 2.07 bits per heavy atom. The second-order valence-electron chi connectivity index (χ2n) is 2.92. The molecular formula is C10H13NO4. The molecule has 0 aromatic heterocycles. The largest absolute Gasteiger partial charge is 0.508 e. The van der Waals surface area contributed by atoms with Crippen LogP contribution in [0.5, 0.6) is 11.5 Å². The van der Waals surface area contributed by atoms with Gasteiger partial charge in [0.15, 0.2) is 0 Å². The first-order chi connectivity index (χ1) is 7.10. The maximum atomic E-state index is 11.3. The minimum absolute atomic E-state index is 0.0634. The summed E-state index contributed by atoms with van der Waals surface area (Å²) < 4.78 is 4.70. The highest BCUT2D eigenvalue weighted by molar-refractivity contribution is 5.93. The molecule has 1 aromatic rings. The van der Waals surface area contributed by atoms with E-state index in [1.165, 1.54) is 6.07 Å². The summed E-state index contributed by atoms with van der Waals surface area (Å²) in [5.41, 5.74) is 5.63. The molecule has 0 unspecified atom stereocenters. The molecule has 0 heterocycles. The SMILES string of the molecule is CCOC(=O)c1cc(O)c(CN)cc1O. The van der Waals surface area contributed by atoms with Gasteiger partial charge in [-0.2, -0.15) is 0 Å². The van der Waals surface area contributed by atoms with E-state index in [0.717, 1.165) is 6.07 Å². The Balaban J connectivity index is 3.10. The lowest BCUT2D eigenvalue weighted by molar-refractivity contribution is 0.0522. The van der Waals surface area contributed by atoms with Crippen LogP contribution in [0.2, 0.25) is 0 Å². The predicted octanol–water partition coefficient (Wildman–Crippen LogP) is 0.733. The first-order valence-corrected chi connectivity index (χ1v) is 4.52. The molecule has 82 valence electrons. The minimum atomic E-state index is -0.672. The molecule has 0 saturated heterocycles. The molecule has 0 saturated carbocycles. The maximum absolute atomic E-state index is 11.3. The highest BCUT2D eigenvalue weighted by Gasteiger charge is 2.15. The number of hydrogen-bond acceptors (Lipinski definition) is 5. The number of ether oxygens (including phenoxy) is 1. The second kappa shape index (κ2) is 4.65. The topological polar surface area (TPSA) is 92.8 Å². The molecule has 0 aliphatic rings. The zero-order valence-electron chi connectivity index (χ0n) is 8.36. The molecule has 15 heavy (non-hydrogen) atoms. The average molecular weight is 211 g/mol. The van der Waals surface area contributed by atoms with Crippen LogP contribution in [-0.4, -0.2) is 22.8 Å². The number of esters is 1. The molecule has 5 heteroatoms. The summed E-state index contributed by atoms with van der Waals surface area (Å²) in [7, 11) is 0. The smallest absolute Gasteiger partial charge is 0.342 e. The summed E-state index contributed by atoms with van der Waals surface area (Å²) >= 11 is 0. The van der Waals surface area contributed by atoms with E-state index >= 15 is 0 Å². The molecule has 1 rings (SSSR count). The molecule has 0 bridgehead atoms. The standard InChI is InChI=1S/C10H13NO4/c1-2-15-10(14)7-4-8(12)6(5-11)3-9(7)13/h3-4,12-13H,2,5,11H2,1H3. The van der Waals surface area contributed by atoms with Crippen LogP contribution in [0, 0.1) is 0 Å². The number of hydrogen-bond donors (Lipinski definition) is 3. The molecule has 1 aromatic carbocycles. The lowest BCUT2D eigenvalue weighted by Gasteiger charge is -2.07. The molecule has 4 N–H and O–H groups in total. The van der Waals surface area contributed by atoms with Crippen molar-refractivity contribution in [1.82, 2.24) is 0 Å². The van der Waals surface area contributed by atoms with Crippen LogP contribution >= 0.6 is 0 Å². The number of phenols is 2. The molecular weight excluding hydrogens is 198 g/mol. The van der Waals surface area contributed by atoms with E-state index in [0.29, 0.717) is 5.56 Å². The van der Waals surface area contributed by atoms with E-state index in [4.69, 9.17) is 10.5 Å². The summed E-state index contributed by atoms with van der Waals surface area (Å²) in [5.74, 6) is -1.04. The molecule has 0 amide bonds. The van der Waals surface area contributed by atoms with Crippen LogP contribution in [0.15, 0.2) is 12.1 Å². The third-order valence-corrected chi connectivity index (χ3v) is 1.91. The van der Waals surface area contributed by atoms with Gasteiger partial charge in [0.25, 0.3) is 0 Å². The molecule has 0 fully saturated rings. The Labute approximate surface area is 87.1 Å². The van der Waals surface area contributed by atoms with Gasteiger partial charge in [-0.15, -0.1) is 0 Å². The number of carbonyl (C=O) groups is 1. The third kappa shape index (κ3) is 2.38. The van der Waals surface area contributed by atoms with Crippen LogP contribution in [-0.2, 0) is 11.3 Å². The van der Waals surface area contributed by atoms with Crippen LogP contribution in [0.3, 0.4) is 0 Å². The van der Waals surface area contributed by atoms with Gasteiger partial charge < -0.3 is 20.7 Å². The van der Waals surface area contributed by atoms with Gasteiger partial charge in [-0.25, -0.2) is 4.79 Å². The van der Waals surface area contributed by atoms with E-state index in [1.54, 1.807) is 6.92 Å². The summed E-state index contributed by atoms with van der Waals surface area (Å²) in [6.45, 7) is 1.95. The lowest BCUT2D eigenvalue weighted by Crippen LogP contribution is -2.06. The predicted molar refractivity (Wildman–Crippen MR) is 53.6 cm³/mol. The van der Waals surface area contributed by atoms with Gasteiger partial charge in [-0.1, -0.05) is 0 Å². The first kappa shape index (κ1) is 11.3. The molecule has 0 spiro atoms. The van der Waals surface area contributed by atoms with Gasteiger partial charge in [0.05, 0.1) is 6.61 Å². The molecule has 0 radical (unpaired) electrons. The second-order valence-corrected chi connectivity index (χ2v) is 2.92. The molecule has 0 aliphatic carbocycles. The van der Waals surface area contributed by atoms with Crippen molar-refractivity contribution in [3.05, 3.63) is 23.3 Å². The van der Waals surface area contributed by atoms with Crippen LogP contribution in [0.4, 0.5) is 0 Å². The lowest BCUT2D eigenvalue weighted by atomic mass is 10.1. The van der Waals surface area contributed by atoms with Gasteiger partial charge >= 0.3 is 5.97 Å². The average Bonchev–Trinajstić information content (AvgIpc) is 2.21. The summed E-state index contributed by atoms with van der Waals surface area (Å²) in [6.07, 6.45) is 0. The number of nitrogens with two attached hydrogens (primary N) is 1. The van der Waals surface area contributed by atoms with Gasteiger partial charge in [-0.05, 0) is 19.1 Å². The Bertz CT molecular complexity index is 376. The first-order valence-electron chi connectivity index (χ1n) is 4.52. The van der Waals surface area contributed by atoms with Crippen molar-refractivity contribution in [2.45, 2.75) is 13.5 Å². The zero-order chi connectivity index (χ0) is 11.4.